The molecule has 3 nitrogen and oxygen atoms in total. The summed E-state index contributed by atoms with van der Waals surface area (Å²) in [4.78, 5) is 12.5. The SMILES string of the molecule is CC(CN(C)c1cc(Cl)ccc1Cl)C(=O)O. The molecule has 0 aliphatic rings. The molecule has 0 aromatic heterocycles. The minimum Gasteiger partial charge on any atom is -0.481 e. The van der Waals surface area contributed by atoms with Gasteiger partial charge in [0.2, 0.25) is 0 Å². The van der Waals surface area contributed by atoms with Crippen LogP contribution in [0, 0.1) is 5.92 Å². The summed E-state index contributed by atoms with van der Waals surface area (Å²) < 4.78 is 0. The normalized spacial score (nSPS) is 12.2. The maximum absolute atomic E-state index is 10.7. The highest BCUT2D eigenvalue weighted by molar-refractivity contribution is 6.35. The Kier molecular flexibility index (Phi) is 4.44. The molecule has 0 spiro atoms. The Labute approximate surface area is 105 Å². The van der Waals surface area contributed by atoms with E-state index < -0.39 is 11.9 Å². The summed E-state index contributed by atoms with van der Waals surface area (Å²) >= 11 is 11.9. The van der Waals surface area contributed by atoms with Crippen LogP contribution in [0.3, 0.4) is 0 Å². The van der Waals surface area contributed by atoms with Crippen LogP contribution in [0.25, 0.3) is 0 Å². The molecule has 0 bridgehead atoms. The van der Waals surface area contributed by atoms with E-state index in [9.17, 15) is 4.79 Å². The molecule has 0 amide bonds. The Hall–Kier alpha value is -0.930. The molecule has 0 saturated carbocycles. The first-order chi connectivity index (χ1) is 7.41. The van der Waals surface area contributed by atoms with Gasteiger partial charge in [0.25, 0.3) is 0 Å². The summed E-state index contributed by atoms with van der Waals surface area (Å²) in [5, 5.41) is 9.95. The zero-order valence-electron chi connectivity index (χ0n) is 9.08. The summed E-state index contributed by atoms with van der Waals surface area (Å²) in [6.07, 6.45) is 0. The summed E-state index contributed by atoms with van der Waals surface area (Å²) in [7, 11) is 1.79. The van der Waals surface area contributed by atoms with Gasteiger partial charge >= 0.3 is 5.97 Å². The summed E-state index contributed by atoms with van der Waals surface area (Å²) in [6.45, 7) is 2.03. The molecule has 0 heterocycles. The number of benzene rings is 1. The first kappa shape index (κ1) is 13.1. The highest BCUT2D eigenvalue weighted by Gasteiger charge is 2.15. The van der Waals surface area contributed by atoms with Gasteiger partial charge in [0.1, 0.15) is 0 Å². The van der Waals surface area contributed by atoms with E-state index in [1.165, 1.54) is 0 Å². The molecule has 1 rings (SSSR count). The highest BCUT2D eigenvalue weighted by atomic mass is 35.5. The number of carboxylic acids is 1. The van der Waals surface area contributed by atoms with Crippen molar-refractivity contribution in [2.45, 2.75) is 6.92 Å². The van der Waals surface area contributed by atoms with Crippen molar-refractivity contribution in [2.75, 3.05) is 18.5 Å². The van der Waals surface area contributed by atoms with Crippen molar-refractivity contribution in [1.82, 2.24) is 0 Å². The minimum atomic E-state index is -0.829. The molecule has 1 aromatic carbocycles. The van der Waals surface area contributed by atoms with Crippen molar-refractivity contribution in [3.8, 4) is 0 Å². The maximum atomic E-state index is 10.7. The smallest absolute Gasteiger partial charge is 0.308 e. The highest BCUT2D eigenvalue weighted by Crippen LogP contribution is 2.28. The molecule has 5 heteroatoms. The summed E-state index contributed by atoms with van der Waals surface area (Å²) in [5.74, 6) is -1.29. The number of anilines is 1. The van der Waals surface area contributed by atoms with Gasteiger partial charge in [0, 0.05) is 18.6 Å². The zero-order chi connectivity index (χ0) is 12.3. The third-order valence-electron chi connectivity index (χ3n) is 2.29. The van der Waals surface area contributed by atoms with Crippen LogP contribution >= 0.6 is 23.2 Å². The minimum absolute atomic E-state index is 0.384. The lowest BCUT2D eigenvalue weighted by atomic mass is 10.1. The van der Waals surface area contributed by atoms with E-state index in [1.807, 2.05) is 0 Å². The van der Waals surface area contributed by atoms with Crippen LogP contribution in [0.5, 0.6) is 0 Å². The molecule has 0 fully saturated rings. The van der Waals surface area contributed by atoms with Crippen LogP contribution in [-0.2, 0) is 4.79 Å². The third-order valence-corrected chi connectivity index (χ3v) is 2.84. The van der Waals surface area contributed by atoms with E-state index in [0.29, 0.717) is 16.6 Å². The molecule has 1 aromatic rings. The molecular weight excluding hydrogens is 249 g/mol. The van der Waals surface area contributed by atoms with Crippen molar-refractivity contribution in [1.29, 1.82) is 0 Å². The molecular formula is C11H13Cl2NO2. The fourth-order valence-electron chi connectivity index (χ4n) is 1.37. The second-order valence-corrected chi connectivity index (χ2v) is 4.56. The topological polar surface area (TPSA) is 40.5 Å². The Morgan fingerprint density at radius 1 is 1.50 bits per heavy atom. The van der Waals surface area contributed by atoms with Crippen LogP contribution in [0.4, 0.5) is 5.69 Å². The fourth-order valence-corrected chi connectivity index (χ4v) is 1.79. The molecule has 0 aliphatic carbocycles. The number of nitrogens with zero attached hydrogens (tertiary/aromatic N) is 1. The second-order valence-electron chi connectivity index (χ2n) is 3.72. The number of carbonyl (C=O) groups is 1. The quantitative estimate of drug-likeness (QED) is 0.906. The zero-order valence-corrected chi connectivity index (χ0v) is 10.6. The predicted molar refractivity (Wildman–Crippen MR) is 66.5 cm³/mol. The maximum Gasteiger partial charge on any atom is 0.308 e. The van der Waals surface area contributed by atoms with E-state index in [-0.39, 0.29) is 0 Å². The standard InChI is InChI=1S/C11H13Cl2NO2/c1-7(11(15)16)6-14(2)10-5-8(12)3-4-9(10)13/h3-5,7H,6H2,1-2H3,(H,15,16). The Morgan fingerprint density at radius 3 is 2.69 bits per heavy atom. The van der Waals surface area contributed by atoms with Crippen LogP contribution in [0.1, 0.15) is 6.92 Å². The van der Waals surface area contributed by atoms with Gasteiger partial charge in [0.15, 0.2) is 0 Å². The Morgan fingerprint density at radius 2 is 2.12 bits per heavy atom. The lowest BCUT2D eigenvalue weighted by Crippen LogP contribution is -2.28. The Balaban J connectivity index is 2.83. The monoisotopic (exact) mass is 261 g/mol. The molecule has 0 saturated heterocycles. The summed E-state index contributed by atoms with van der Waals surface area (Å²) in [6, 6.07) is 5.11. The van der Waals surface area contributed by atoms with E-state index in [1.54, 1.807) is 37.1 Å². The van der Waals surface area contributed by atoms with Crippen LogP contribution in [-0.4, -0.2) is 24.7 Å². The molecule has 1 N–H and O–H groups in total. The largest absolute Gasteiger partial charge is 0.481 e. The fraction of sp³-hybridized carbons (Fsp3) is 0.364. The predicted octanol–water partition coefficient (Wildman–Crippen LogP) is 3.15. The van der Waals surface area contributed by atoms with Crippen molar-refractivity contribution >= 4 is 34.9 Å². The lowest BCUT2D eigenvalue weighted by molar-refractivity contribution is -0.140. The average Bonchev–Trinajstić information content (AvgIpc) is 2.21. The van der Waals surface area contributed by atoms with Crippen molar-refractivity contribution < 1.29 is 9.90 Å². The van der Waals surface area contributed by atoms with E-state index in [2.05, 4.69) is 0 Å². The first-order valence-electron chi connectivity index (χ1n) is 4.81. The third kappa shape index (κ3) is 3.29. The van der Waals surface area contributed by atoms with E-state index in [4.69, 9.17) is 28.3 Å². The van der Waals surface area contributed by atoms with Gasteiger partial charge < -0.3 is 10.0 Å². The van der Waals surface area contributed by atoms with Gasteiger partial charge in [0.05, 0.1) is 16.6 Å². The number of hydrogen-bond donors (Lipinski definition) is 1. The van der Waals surface area contributed by atoms with E-state index >= 15 is 0 Å². The summed E-state index contributed by atoms with van der Waals surface area (Å²) in [5.41, 5.74) is 0.738. The van der Waals surface area contributed by atoms with Crippen molar-refractivity contribution in [2.24, 2.45) is 5.92 Å². The lowest BCUT2D eigenvalue weighted by Gasteiger charge is -2.22. The number of carboxylic acid groups (broad SMARTS) is 1. The molecule has 0 radical (unpaired) electrons. The molecule has 1 atom stereocenters. The molecule has 0 aliphatic heterocycles. The average molecular weight is 262 g/mol. The number of hydrogen-bond acceptors (Lipinski definition) is 2. The van der Waals surface area contributed by atoms with Gasteiger partial charge in [-0.2, -0.15) is 0 Å². The van der Waals surface area contributed by atoms with Crippen LogP contribution in [0.2, 0.25) is 10.0 Å². The number of halogens is 2. The van der Waals surface area contributed by atoms with Gasteiger partial charge in [-0.15, -0.1) is 0 Å². The first-order valence-corrected chi connectivity index (χ1v) is 5.56. The molecule has 1 unspecified atom stereocenters. The van der Waals surface area contributed by atoms with Gasteiger partial charge in [-0.25, -0.2) is 0 Å². The number of rotatable bonds is 4. The van der Waals surface area contributed by atoms with Crippen molar-refractivity contribution in [3.63, 3.8) is 0 Å². The van der Waals surface area contributed by atoms with Crippen LogP contribution < -0.4 is 4.90 Å². The van der Waals surface area contributed by atoms with Gasteiger partial charge in [-0.05, 0) is 18.2 Å². The molecule has 16 heavy (non-hydrogen) atoms. The van der Waals surface area contributed by atoms with Crippen molar-refractivity contribution in [3.05, 3.63) is 28.2 Å². The Bertz CT molecular complexity index is 396. The molecule has 88 valence electrons. The van der Waals surface area contributed by atoms with Crippen LogP contribution in [0.15, 0.2) is 18.2 Å². The second kappa shape index (κ2) is 5.41. The van der Waals surface area contributed by atoms with E-state index in [0.717, 1.165) is 5.69 Å². The number of aliphatic carboxylic acids is 1. The van der Waals surface area contributed by atoms with Gasteiger partial charge in [-0.3, -0.25) is 4.79 Å². The van der Waals surface area contributed by atoms with Gasteiger partial charge in [-0.1, -0.05) is 30.1 Å².